The number of nitrogens with zero attached hydrogens (tertiary/aromatic N) is 2. The maximum Gasteiger partial charge on any atom is 0.411 e. The van der Waals surface area contributed by atoms with Crippen molar-refractivity contribution in [3.63, 3.8) is 0 Å². The first-order chi connectivity index (χ1) is 36.7. The molecule has 2 atom stereocenters. The third-order valence-corrected chi connectivity index (χ3v) is 18.0. The summed E-state index contributed by atoms with van der Waals surface area (Å²) in [6.07, 6.45) is 0.0925. The molecule has 0 aromatic heterocycles. The fraction of sp³-hybridized carbons (Fsp3) is 0.238. The first kappa shape index (κ1) is 45.9. The lowest BCUT2D eigenvalue weighted by atomic mass is 9.34. The molecule has 372 valence electrons. The topological polar surface area (TPSA) is 117 Å². The van der Waals surface area contributed by atoms with Crippen LogP contribution in [-0.2, 0) is 19.1 Å². The third kappa shape index (κ3) is 6.98. The molecule has 12 heteroatoms. The summed E-state index contributed by atoms with van der Waals surface area (Å²) >= 11 is 13.4. The molecule has 0 saturated heterocycles. The number of hydrogen-bond donors (Lipinski definition) is 2. The fourth-order valence-corrected chi connectivity index (χ4v) is 14.5. The minimum Gasteiger partial charge on any atom is -0.448 e. The summed E-state index contributed by atoms with van der Waals surface area (Å²) in [7, 11) is 0. The van der Waals surface area contributed by atoms with Crippen LogP contribution < -0.4 is 20.4 Å². The molecule has 0 unspecified atom stereocenters. The van der Waals surface area contributed by atoms with E-state index >= 15 is 9.59 Å². The number of amides is 4. The number of fused-ring (bicyclic) bond motifs is 12. The van der Waals surface area contributed by atoms with Gasteiger partial charge < -0.3 is 19.3 Å². The molecule has 2 heterocycles. The second-order valence-corrected chi connectivity index (χ2v) is 21.9. The summed E-state index contributed by atoms with van der Waals surface area (Å²) < 4.78 is 12.0. The van der Waals surface area contributed by atoms with Gasteiger partial charge in [-0.05, 0) is 97.8 Å². The Bertz CT molecular complexity index is 3410. The number of rotatable bonds is 10. The summed E-state index contributed by atoms with van der Waals surface area (Å²) in [4.78, 5) is 61.3. The molecular formula is C63H50Cl2N4O6. The Morgan fingerprint density at radius 3 is 1.13 bits per heavy atom. The van der Waals surface area contributed by atoms with E-state index < -0.39 is 23.0 Å². The lowest BCUT2D eigenvalue weighted by Gasteiger charge is -2.69. The van der Waals surface area contributed by atoms with E-state index in [0.29, 0.717) is 66.9 Å². The van der Waals surface area contributed by atoms with Crippen molar-refractivity contribution in [1.29, 1.82) is 0 Å². The molecule has 2 bridgehead atoms. The molecule has 8 aromatic carbocycles. The summed E-state index contributed by atoms with van der Waals surface area (Å²) in [5.41, 5.74) is 12.1. The predicted octanol–water partition coefficient (Wildman–Crippen LogP) is 13.9. The van der Waals surface area contributed by atoms with Gasteiger partial charge in [-0.25, -0.2) is 9.59 Å². The van der Waals surface area contributed by atoms with Gasteiger partial charge in [0.05, 0.1) is 22.2 Å². The van der Waals surface area contributed by atoms with Crippen LogP contribution in [0.3, 0.4) is 0 Å². The van der Waals surface area contributed by atoms with Crippen molar-refractivity contribution >= 4 is 91.5 Å². The fourth-order valence-electron chi connectivity index (χ4n) is 14.0. The van der Waals surface area contributed by atoms with Gasteiger partial charge in [-0.1, -0.05) is 146 Å². The van der Waals surface area contributed by atoms with Crippen LogP contribution in [0.2, 0.25) is 0 Å². The van der Waals surface area contributed by atoms with Gasteiger partial charge in [-0.3, -0.25) is 20.2 Å². The predicted molar refractivity (Wildman–Crippen MR) is 296 cm³/mol. The molecule has 2 N–H and O–H groups in total. The summed E-state index contributed by atoms with van der Waals surface area (Å²) in [5.74, 6) is 0.0704. The van der Waals surface area contributed by atoms with Crippen molar-refractivity contribution in [2.75, 3.05) is 58.5 Å². The summed E-state index contributed by atoms with van der Waals surface area (Å²) in [6, 6.07) is 52.5. The van der Waals surface area contributed by atoms with Crippen molar-refractivity contribution in [3.05, 3.63) is 191 Å². The summed E-state index contributed by atoms with van der Waals surface area (Å²) in [5, 5.41) is 9.59. The standard InChI is InChI=1S/C63H50Cl2N4O6/c64-27-36-29-68(54-25-52(46-21-9-11-23-48(46)56(36)54)66-60(72)74-31-50-42-17-5-1-13-38(42)39-14-2-6-18-43(39)50)58(70)62-33-63(34-62,35-62)59(71)69-30-37(28-65)57-49-24-12-10-22-47(49)53(26-55(57)69)67-61(73)75-32-51-44-19-7-3-15-40(44)41-16-4-8-20-45(41)51/h1-26,36-37,50-51H,27-35H2,(H,66,72)(H,67,73)/t36-,37-,62?,63?/m1/s1. The van der Waals surface area contributed by atoms with Crippen molar-refractivity contribution in [1.82, 2.24) is 0 Å². The Hall–Kier alpha value is -7.66. The van der Waals surface area contributed by atoms with E-state index in [9.17, 15) is 9.59 Å². The molecular weight excluding hydrogens is 980 g/mol. The maximum atomic E-state index is 15.0. The van der Waals surface area contributed by atoms with Crippen LogP contribution >= 0.6 is 23.2 Å². The van der Waals surface area contributed by atoms with Gasteiger partial charge in [0.1, 0.15) is 13.2 Å². The zero-order valence-electron chi connectivity index (χ0n) is 40.8. The van der Waals surface area contributed by atoms with Gasteiger partial charge in [0.25, 0.3) is 0 Å². The van der Waals surface area contributed by atoms with Crippen LogP contribution in [0.15, 0.2) is 158 Å². The van der Waals surface area contributed by atoms with E-state index in [2.05, 4.69) is 59.2 Å². The van der Waals surface area contributed by atoms with Gasteiger partial charge in [0.2, 0.25) is 11.8 Å². The van der Waals surface area contributed by atoms with Crippen LogP contribution in [0.4, 0.5) is 32.3 Å². The van der Waals surface area contributed by atoms with E-state index in [4.69, 9.17) is 32.7 Å². The van der Waals surface area contributed by atoms with E-state index in [1.54, 1.807) is 0 Å². The Balaban J connectivity index is 0.698. The van der Waals surface area contributed by atoms with E-state index in [1.165, 1.54) is 0 Å². The maximum absolute atomic E-state index is 15.0. The number of carbonyl (C=O) groups excluding carboxylic acids is 4. The largest absolute Gasteiger partial charge is 0.448 e. The molecule has 3 saturated carbocycles. The molecule has 0 radical (unpaired) electrons. The van der Waals surface area contributed by atoms with E-state index in [-0.39, 0.29) is 48.7 Å². The number of benzene rings is 8. The Labute approximate surface area is 443 Å². The SMILES string of the molecule is O=C(Nc1cc2c(c3ccccc13)[C@H](CCl)CN2C(=O)C12CC(C(=O)N3C[C@@H](CCl)c4c3cc(NC(=O)OCC3c5ccccc5-c5ccccc53)c3ccccc43)(C1)C2)OCC1c2ccccc2-c2ccccc21. The highest BCUT2D eigenvalue weighted by Gasteiger charge is 2.76. The number of ether oxygens (including phenoxy) is 2. The number of halogens is 2. The highest BCUT2D eigenvalue weighted by atomic mass is 35.5. The Kier molecular flexibility index (Phi) is 10.7. The molecule has 10 nitrogen and oxygen atoms in total. The molecule has 15 rings (SSSR count). The smallest absolute Gasteiger partial charge is 0.411 e. The first-order valence-corrected chi connectivity index (χ1v) is 26.9. The van der Waals surface area contributed by atoms with E-state index in [0.717, 1.165) is 77.2 Å². The Morgan fingerprint density at radius 1 is 0.467 bits per heavy atom. The number of nitrogens with one attached hydrogen (secondary N) is 2. The zero-order chi connectivity index (χ0) is 50.7. The lowest BCUT2D eigenvalue weighted by Crippen LogP contribution is -2.73. The second kappa shape index (κ2) is 17.5. The number of hydrogen-bond acceptors (Lipinski definition) is 6. The minimum absolute atomic E-state index is 0.0329. The zero-order valence-corrected chi connectivity index (χ0v) is 42.3. The molecule has 3 fully saturated rings. The normalized spacial score (nSPS) is 21.3. The highest BCUT2D eigenvalue weighted by Crippen LogP contribution is 2.75. The van der Waals surface area contributed by atoms with Crippen LogP contribution in [0, 0.1) is 10.8 Å². The average molecular weight is 1030 g/mol. The third-order valence-electron chi connectivity index (χ3n) is 17.3. The van der Waals surface area contributed by atoms with Crippen LogP contribution in [0.25, 0.3) is 43.8 Å². The van der Waals surface area contributed by atoms with Gasteiger partial charge in [-0.15, -0.1) is 23.2 Å². The monoisotopic (exact) mass is 1030 g/mol. The van der Waals surface area contributed by atoms with Gasteiger partial charge >= 0.3 is 12.2 Å². The molecule has 8 aromatic rings. The number of carbonyl (C=O) groups is 4. The highest BCUT2D eigenvalue weighted by molar-refractivity contribution is 6.20. The molecule has 75 heavy (non-hydrogen) atoms. The lowest BCUT2D eigenvalue weighted by molar-refractivity contribution is -0.204. The molecule has 2 aliphatic heterocycles. The molecule has 5 aliphatic carbocycles. The first-order valence-electron chi connectivity index (χ1n) is 25.8. The molecule has 4 amide bonds. The van der Waals surface area contributed by atoms with Gasteiger partial charge in [0, 0.05) is 70.7 Å². The number of alkyl halides is 2. The second-order valence-electron chi connectivity index (χ2n) is 21.3. The summed E-state index contributed by atoms with van der Waals surface area (Å²) in [6.45, 7) is 1.11. The molecule has 7 aliphatic rings. The van der Waals surface area contributed by atoms with Crippen molar-refractivity contribution in [2.24, 2.45) is 10.8 Å². The average Bonchev–Trinajstić information content (AvgIpc) is 4.28. The Morgan fingerprint density at radius 2 is 0.787 bits per heavy atom. The van der Waals surface area contributed by atoms with Crippen molar-refractivity contribution < 1.29 is 28.7 Å². The van der Waals surface area contributed by atoms with Crippen LogP contribution in [0.5, 0.6) is 0 Å². The minimum atomic E-state index is -0.713. The van der Waals surface area contributed by atoms with Crippen LogP contribution in [-0.4, -0.2) is 62.1 Å². The van der Waals surface area contributed by atoms with Crippen LogP contribution in [0.1, 0.15) is 76.3 Å². The number of anilines is 4. The quantitative estimate of drug-likeness (QED) is 0.132. The van der Waals surface area contributed by atoms with Gasteiger partial charge in [0.15, 0.2) is 0 Å². The van der Waals surface area contributed by atoms with Crippen molar-refractivity contribution in [3.8, 4) is 22.3 Å². The van der Waals surface area contributed by atoms with E-state index in [1.807, 2.05) is 119 Å². The van der Waals surface area contributed by atoms with Gasteiger partial charge in [-0.2, -0.15) is 0 Å². The van der Waals surface area contributed by atoms with Crippen molar-refractivity contribution in [2.45, 2.75) is 42.9 Å². The molecule has 0 spiro atoms.